The van der Waals surface area contributed by atoms with Crippen molar-refractivity contribution in [2.45, 2.75) is 11.3 Å². The van der Waals surface area contributed by atoms with Gasteiger partial charge in [0.05, 0.1) is 24.3 Å². The lowest BCUT2D eigenvalue weighted by Crippen LogP contribution is -2.35. The predicted octanol–water partition coefficient (Wildman–Crippen LogP) is 2.66. The molecule has 0 spiro atoms. The number of rotatable bonds is 5. The van der Waals surface area contributed by atoms with Crippen LogP contribution < -0.4 is 9.46 Å². The SMILES string of the molecule is COC(=O)c1ccc(Cl)c(S(=O)(=O)NCC2COc3ccccc3C2)c1. The number of fused-ring (bicyclic) bond motifs is 1. The molecule has 1 heterocycles. The van der Waals surface area contributed by atoms with Crippen LogP contribution in [0.15, 0.2) is 47.4 Å². The van der Waals surface area contributed by atoms with E-state index in [0.717, 1.165) is 11.3 Å². The molecule has 0 fully saturated rings. The number of ether oxygens (including phenoxy) is 2. The number of hydrogen-bond donors (Lipinski definition) is 1. The summed E-state index contributed by atoms with van der Waals surface area (Å²) in [4.78, 5) is 11.5. The molecule has 138 valence electrons. The number of esters is 1. The van der Waals surface area contributed by atoms with E-state index >= 15 is 0 Å². The zero-order valence-electron chi connectivity index (χ0n) is 14.1. The van der Waals surface area contributed by atoms with E-state index in [4.69, 9.17) is 16.3 Å². The first kappa shape index (κ1) is 18.7. The van der Waals surface area contributed by atoms with E-state index in [0.29, 0.717) is 13.0 Å². The molecule has 1 aliphatic heterocycles. The molecule has 0 radical (unpaired) electrons. The van der Waals surface area contributed by atoms with Gasteiger partial charge in [-0.05, 0) is 36.2 Å². The third-order valence-electron chi connectivity index (χ3n) is 4.16. The maximum absolute atomic E-state index is 12.6. The van der Waals surface area contributed by atoms with Gasteiger partial charge < -0.3 is 9.47 Å². The van der Waals surface area contributed by atoms with Gasteiger partial charge in [0.2, 0.25) is 10.0 Å². The van der Waals surface area contributed by atoms with Gasteiger partial charge in [-0.2, -0.15) is 0 Å². The summed E-state index contributed by atoms with van der Waals surface area (Å²) in [6.45, 7) is 0.630. The first-order chi connectivity index (χ1) is 12.4. The fraction of sp³-hybridized carbons (Fsp3) is 0.278. The molecule has 0 aromatic heterocycles. The maximum atomic E-state index is 12.6. The lowest BCUT2D eigenvalue weighted by atomic mass is 9.97. The zero-order chi connectivity index (χ0) is 18.7. The Hall–Kier alpha value is -2.09. The molecule has 1 atom stereocenters. The summed E-state index contributed by atoms with van der Waals surface area (Å²) in [6, 6.07) is 11.7. The standard InChI is InChI=1S/C18H18ClNO5S/c1-24-18(21)14-6-7-15(19)17(9-14)26(22,23)20-10-12-8-13-4-2-3-5-16(13)25-11-12/h2-7,9,12,20H,8,10-11H2,1H3. The third kappa shape index (κ3) is 4.00. The predicted molar refractivity (Wildman–Crippen MR) is 97.1 cm³/mol. The highest BCUT2D eigenvalue weighted by atomic mass is 35.5. The van der Waals surface area contributed by atoms with Gasteiger partial charge in [-0.15, -0.1) is 0 Å². The van der Waals surface area contributed by atoms with E-state index in [1.54, 1.807) is 0 Å². The van der Waals surface area contributed by atoms with Crippen molar-refractivity contribution in [1.29, 1.82) is 0 Å². The molecule has 0 saturated heterocycles. The molecule has 3 rings (SSSR count). The van der Waals surface area contributed by atoms with Crippen molar-refractivity contribution in [3.63, 3.8) is 0 Å². The van der Waals surface area contributed by atoms with Gasteiger partial charge in [0.1, 0.15) is 10.6 Å². The first-order valence-electron chi connectivity index (χ1n) is 7.99. The summed E-state index contributed by atoms with van der Waals surface area (Å²) in [5, 5.41) is 0.0374. The van der Waals surface area contributed by atoms with E-state index in [2.05, 4.69) is 9.46 Å². The molecule has 6 nitrogen and oxygen atoms in total. The Morgan fingerprint density at radius 1 is 1.31 bits per heavy atom. The minimum atomic E-state index is -3.88. The van der Waals surface area contributed by atoms with Crippen molar-refractivity contribution in [1.82, 2.24) is 4.72 Å². The van der Waals surface area contributed by atoms with Crippen LogP contribution in [0.1, 0.15) is 15.9 Å². The summed E-state index contributed by atoms with van der Waals surface area (Å²) in [5.74, 6) is 0.207. The number of hydrogen-bond acceptors (Lipinski definition) is 5. The fourth-order valence-electron chi connectivity index (χ4n) is 2.78. The van der Waals surface area contributed by atoms with E-state index in [-0.39, 0.29) is 27.9 Å². The number of halogens is 1. The zero-order valence-corrected chi connectivity index (χ0v) is 15.6. The minimum Gasteiger partial charge on any atom is -0.493 e. The molecule has 8 heteroatoms. The molecule has 1 unspecified atom stereocenters. The van der Waals surface area contributed by atoms with Gasteiger partial charge in [0.25, 0.3) is 0 Å². The monoisotopic (exact) mass is 395 g/mol. The van der Waals surface area contributed by atoms with Crippen LogP contribution in [0.25, 0.3) is 0 Å². The highest BCUT2D eigenvalue weighted by Crippen LogP contribution is 2.27. The summed E-state index contributed by atoms with van der Waals surface area (Å²) in [7, 11) is -2.65. The number of sulfonamides is 1. The molecule has 2 aromatic rings. The maximum Gasteiger partial charge on any atom is 0.337 e. The van der Waals surface area contributed by atoms with Crippen molar-refractivity contribution in [2.24, 2.45) is 5.92 Å². The smallest absolute Gasteiger partial charge is 0.337 e. The molecule has 0 aliphatic carbocycles. The van der Waals surface area contributed by atoms with Crippen LogP contribution in [0.2, 0.25) is 5.02 Å². The van der Waals surface area contributed by atoms with Crippen molar-refractivity contribution < 1.29 is 22.7 Å². The highest BCUT2D eigenvalue weighted by molar-refractivity contribution is 7.89. The number of para-hydroxylation sites is 1. The molecule has 0 amide bonds. The van der Waals surface area contributed by atoms with E-state index in [1.165, 1.54) is 25.3 Å². The molecule has 1 N–H and O–H groups in total. The number of benzene rings is 2. The quantitative estimate of drug-likeness (QED) is 0.787. The highest BCUT2D eigenvalue weighted by Gasteiger charge is 2.24. The Morgan fingerprint density at radius 3 is 2.85 bits per heavy atom. The van der Waals surface area contributed by atoms with E-state index in [9.17, 15) is 13.2 Å². The van der Waals surface area contributed by atoms with E-state index < -0.39 is 16.0 Å². The van der Waals surface area contributed by atoms with Crippen LogP contribution in [0.3, 0.4) is 0 Å². The van der Waals surface area contributed by atoms with Crippen LogP contribution in [0.5, 0.6) is 5.75 Å². The fourth-order valence-corrected chi connectivity index (χ4v) is 4.42. The second-order valence-corrected chi connectivity index (χ2v) is 8.12. The number of carbonyl (C=O) groups is 1. The van der Waals surface area contributed by atoms with Crippen molar-refractivity contribution in [3.8, 4) is 5.75 Å². The minimum absolute atomic E-state index is 0.00207. The molecule has 0 bridgehead atoms. The molecule has 2 aromatic carbocycles. The Balaban J connectivity index is 1.73. The Morgan fingerprint density at radius 2 is 2.08 bits per heavy atom. The van der Waals surface area contributed by atoms with Gasteiger partial charge in [-0.25, -0.2) is 17.9 Å². The number of methoxy groups -OCH3 is 1. The largest absolute Gasteiger partial charge is 0.493 e. The van der Waals surface area contributed by atoms with Crippen molar-refractivity contribution in [2.75, 3.05) is 20.3 Å². The van der Waals surface area contributed by atoms with Gasteiger partial charge in [-0.3, -0.25) is 0 Å². The summed E-state index contributed by atoms with van der Waals surface area (Å²) < 4.78 is 38.1. The normalized spacial score (nSPS) is 16.5. The number of carbonyl (C=O) groups excluding carboxylic acids is 1. The Bertz CT molecular complexity index is 929. The molecular formula is C18H18ClNO5S. The van der Waals surface area contributed by atoms with Gasteiger partial charge in [0, 0.05) is 12.5 Å². The van der Waals surface area contributed by atoms with Gasteiger partial charge in [-0.1, -0.05) is 29.8 Å². The lowest BCUT2D eigenvalue weighted by Gasteiger charge is -2.25. The second kappa shape index (κ2) is 7.65. The third-order valence-corrected chi connectivity index (χ3v) is 6.06. The lowest BCUT2D eigenvalue weighted by molar-refractivity contribution is 0.0600. The van der Waals surface area contributed by atoms with E-state index in [1.807, 2.05) is 24.3 Å². The number of nitrogens with one attached hydrogen (secondary N) is 1. The molecular weight excluding hydrogens is 378 g/mol. The molecule has 1 aliphatic rings. The van der Waals surface area contributed by atoms with Gasteiger partial charge >= 0.3 is 5.97 Å². The molecule has 0 saturated carbocycles. The van der Waals surface area contributed by atoms with Gasteiger partial charge in [0.15, 0.2) is 0 Å². The van der Waals surface area contributed by atoms with Crippen LogP contribution >= 0.6 is 11.6 Å². The van der Waals surface area contributed by atoms with Crippen molar-refractivity contribution >= 4 is 27.6 Å². The summed E-state index contributed by atoms with van der Waals surface area (Å²) in [5.41, 5.74) is 1.17. The molecule has 26 heavy (non-hydrogen) atoms. The van der Waals surface area contributed by atoms with Crippen LogP contribution in [0, 0.1) is 5.92 Å². The summed E-state index contributed by atoms with van der Waals surface area (Å²) >= 11 is 6.02. The Labute approximate surface area is 157 Å². The average Bonchev–Trinajstić information content (AvgIpc) is 2.66. The summed E-state index contributed by atoms with van der Waals surface area (Å²) in [6.07, 6.45) is 0.717. The van der Waals surface area contributed by atoms with Crippen molar-refractivity contribution in [3.05, 3.63) is 58.6 Å². The first-order valence-corrected chi connectivity index (χ1v) is 9.85. The average molecular weight is 396 g/mol. The topological polar surface area (TPSA) is 81.7 Å². The van der Waals surface area contributed by atoms with Crippen LogP contribution in [-0.2, 0) is 21.2 Å². The van der Waals surface area contributed by atoms with Crippen LogP contribution in [-0.4, -0.2) is 34.6 Å². The Kier molecular flexibility index (Phi) is 5.50. The van der Waals surface area contributed by atoms with Crippen LogP contribution in [0.4, 0.5) is 0 Å². The second-order valence-electron chi connectivity index (χ2n) is 5.98.